The molecule has 19 heavy (non-hydrogen) atoms. The van der Waals surface area contributed by atoms with E-state index in [-0.39, 0.29) is 0 Å². The Kier molecular flexibility index (Phi) is 4.69. The first-order valence-electron chi connectivity index (χ1n) is 6.93. The monoisotopic (exact) mass is 255 g/mol. The Morgan fingerprint density at radius 2 is 1.58 bits per heavy atom. The van der Waals surface area contributed by atoms with Gasteiger partial charge in [-0.1, -0.05) is 44.2 Å². The molecule has 0 amide bonds. The molecule has 0 aliphatic heterocycles. The molecule has 1 heterocycles. The van der Waals surface area contributed by atoms with Gasteiger partial charge in [-0.3, -0.25) is 4.98 Å². The summed E-state index contributed by atoms with van der Waals surface area (Å²) in [5, 5.41) is 10.2. The first-order chi connectivity index (χ1) is 9.22. The Bertz CT molecular complexity index is 502. The average Bonchev–Trinajstić information content (AvgIpc) is 2.48. The maximum absolute atomic E-state index is 10.2. The van der Waals surface area contributed by atoms with Crippen molar-refractivity contribution in [2.75, 3.05) is 0 Å². The maximum atomic E-state index is 10.2. The van der Waals surface area contributed by atoms with E-state index in [9.17, 15) is 5.11 Å². The third-order valence-corrected chi connectivity index (χ3v) is 3.47. The van der Waals surface area contributed by atoms with Crippen LogP contribution in [0.15, 0.2) is 42.6 Å². The summed E-state index contributed by atoms with van der Waals surface area (Å²) in [5.41, 5.74) is 4.41. The molecule has 0 aliphatic carbocycles. The van der Waals surface area contributed by atoms with Gasteiger partial charge >= 0.3 is 0 Å². The molecule has 1 N–H and O–H groups in total. The van der Waals surface area contributed by atoms with Crippen LogP contribution in [0.3, 0.4) is 0 Å². The molecule has 100 valence electrons. The molecule has 0 bridgehead atoms. The summed E-state index contributed by atoms with van der Waals surface area (Å²) in [6.07, 6.45) is 3.99. The second-order valence-corrected chi connectivity index (χ2v) is 4.83. The van der Waals surface area contributed by atoms with Gasteiger partial charge in [0.15, 0.2) is 0 Å². The van der Waals surface area contributed by atoms with E-state index in [1.807, 2.05) is 24.4 Å². The van der Waals surface area contributed by atoms with E-state index in [0.29, 0.717) is 6.42 Å². The fraction of sp³-hybridized carbons (Fsp3) is 0.353. The van der Waals surface area contributed by atoms with Gasteiger partial charge in [0.25, 0.3) is 0 Å². The fourth-order valence-corrected chi connectivity index (χ4v) is 2.08. The van der Waals surface area contributed by atoms with E-state index in [0.717, 1.165) is 24.1 Å². The number of aromatic nitrogens is 1. The molecule has 1 atom stereocenters. The van der Waals surface area contributed by atoms with E-state index in [1.54, 1.807) is 0 Å². The van der Waals surface area contributed by atoms with Crippen LogP contribution >= 0.6 is 0 Å². The van der Waals surface area contributed by atoms with Crippen LogP contribution in [0.1, 0.15) is 42.3 Å². The summed E-state index contributed by atoms with van der Waals surface area (Å²) < 4.78 is 0. The number of hydrogen-bond donors (Lipinski definition) is 1. The Morgan fingerprint density at radius 3 is 2.11 bits per heavy atom. The highest BCUT2D eigenvalue weighted by molar-refractivity contribution is 5.25. The highest BCUT2D eigenvalue weighted by Gasteiger charge is 2.09. The molecular weight excluding hydrogens is 234 g/mol. The van der Waals surface area contributed by atoms with Gasteiger partial charge < -0.3 is 5.11 Å². The van der Waals surface area contributed by atoms with Crippen molar-refractivity contribution in [1.82, 2.24) is 4.98 Å². The van der Waals surface area contributed by atoms with Crippen molar-refractivity contribution in [3.8, 4) is 0 Å². The number of hydrogen-bond acceptors (Lipinski definition) is 2. The first kappa shape index (κ1) is 13.8. The molecule has 2 aromatic rings. The Morgan fingerprint density at radius 1 is 0.947 bits per heavy atom. The van der Waals surface area contributed by atoms with E-state index in [2.05, 4.69) is 37.0 Å². The van der Waals surface area contributed by atoms with Gasteiger partial charge in [-0.05, 0) is 35.6 Å². The van der Waals surface area contributed by atoms with Gasteiger partial charge in [-0.25, -0.2) is 0 Å². The highest BCUT2D eigenvalue weighted by atomic mass is 16.3. The van der Waals surface area contributed by atoms with Crippen molar-refractivity contribution >= 4 is 0 Å². The molecule has 0 aliphatic rings. The molecule has 0 radical (unpaired) electrons. The van der Waals surface area contributed by atoms with Crippen molar-refractivity contribution in [1.29, 1.82) is 0 Å². The number of aliphatic hydroxyl groups is 1. The Labute approximate surface area is 115 Å². The van der Waals surface area contributed by atoms with Crippen molar-refractivity contribution in [3.63, 3.8) is 0 Å². The first-order valence-corrected chi connectivity index (χ1v) is 6.93. The zero-order valence-corrected chi connectivity index (χ0v) is 11.6. The molecule has 2 nitrogen and oxygen atoms in total. The molecule has 0 fully saturated rings. The van der Waals surface area contributed by atoms with Gasteiger partial charge in [-0.2, -0.15) is 0 Å². The highest BCUT2D eigenvalue weighted by Crippen LogP contribution is 2.18. The second-order valence-electron chi connectivity index (χ2n) is 4.83. The number of nitrogens with zero attached hydrogens (tertiary/aromatic N) is 1. The van der Waals surface area contributed by atoms with Crippen LogP contribution in [0.2, 0.25) is 0 Å². The van der Waals surface area contributed by atoms with Crippen LogP contribution in [0.25, 0.3) is 0 Å². The molecule has 1 aromatic heterocycles. The number of aliphatic hydroxyl groups excluding tert-OH is 1. The largest absolute Gasteiger partial charge is 0.388 e. The SMILES string of the molecule is CCc1ccc(C(O)Cc2ccc(CC)cn2)cc1. The van der Waals surface area contributed by atoms with Crippen LogP contribution in [0.4, 0.5) is 0 Å². The van der Waals surface area contributed by atoms with Gasteiger partial charge in [0.05, 0.1) is 6.10 Å². The Balaban J connectivity index is 2.04. The lowest BCUT2D eigenvalue weighted by Crippen LogP contribution is -2.03. The van der Waals surface area contributed by atoms with E-state index < -0.39 is 6.10 Å². The zero-order valence-electron chi connectivity index (χ0n) is 11.6. The number of aryl methyl sites for hydroxylation is 2. The third-order valence-electron chi connectivity index (χ3n) is 3.47. The lowest BCUT2D eigenvalue weighted by molar-refractivity contribution is 0.177. The van der Waals surface area contributed by atoms with Crippen molar-refractivity contribution in [3.05, 3.63) is 65.0 Å². The van der Waals surface area contributed by atoms with Gasteiger partial charge in [0, 0.05) is 18.3 Å². The minimum Gasteiger partial charge on any atom is -0.388 e. The number of rotatable bonds is 5. The molecule has 2 heteroatoms. The van der Waals surface area contributed by atoms with Gasteiger partial charge in [0.2, 0.25) is 0 Å². The minimum absolute atomic E-state index is 0.481. The van der Waals surface area contributed by atoms with Crippen LogP contribution in [-0.2, 0) is 19.3 Å². The molecule has 2 rings (SSSR count). The molecule has 0 saturated carbocycles. The smallest absolute Gasteiger partial charge is 0.0845 e. The van der Waals surface area contributed by atoms with Gasteiger partial charge in [0.1, 0.15) is 0 Å². The van der Waals surface area contributed by atoms with Crippen LogP contribution in [0, 0.1) is 0 Å². The minimum atomic E-state index is -0.481. The van der Waals surface area contributed by atoms with Crippen LogP contribution < -0.4 is 0 Å². The van der Waals surface area contributed by atoms with E-state index in [4.69, 9.17) is 0 Å². The van der Waals surface area contributed by atoms with Crippen LogP contribution in [0.5, 0.6) is 0 Å². The third kappa shape index (κ3) is 3.65. The fourth-order valence-electron chi connectivity index (χ4n) is 2.08. The van der Waals surface area contributed by atoms with Gasteiger partial charge in [-0.15, -0.1) is 0 Å². The molecular formula is C17H21NO. The van der Waals surface area contributed by atoms with E-state index >= 15 is 0 Å². The average molecular weight is 255 g/mol. The topological polar surface area (TPSA) is 33.1 Å². The van der Waals surface area contributed by atoms with Crippen molar-refractivity contribution < 1.29 is 5.11 Å². The summed E-state index contributed by atoms with van der Waals surface area (Å²) in [6.45, 7) is 4.24. The van der Waals surface area contributed by atoms with Crippen molar-refractivity contribution in [2.45, 2.75) is 39.2 Å². The lowest BCUT2D eigenvalue weighted by Gasteiger charge is -2.11. The molecule has 0 spiro atoms. The standard InChI is InChI=1S/C17H21NO/c1-3-13-5-8-15(9-6-13)17(19)11-16-10-7-14(4-2)12-18-16/h5-10,12,17,19H,3-4,11H2,1-2H3. The van der Waals surface area contributed by atoms with E-state index in [1.165, 1.54) is 11.1 Å². The quantitative estimate of drug-likeness (QED) is 0.887. The number of pyridine rings is 1. The van der Waals surface area contributed by atoms with Crippen LogP contribution in [-0.4, -0.2) is 10.1 Å². The summed E-state index contributed by atoms with van der Waals surface area (Å²) in [6, 6.07) is 12.2. The lowest BCUT2D eigenvalue weighted by atomic mass is 10.0. The summed E-state index contributed by atoms with van der Waals surface area (Å²) >= 11 is 0. The second kappa shape index (κ2) is 6.48. The summed E-state index contributed by atoms with van der Waals surface area (Å²) in [4.78, 5) is 4.39. The maximum Gasteiger partial charge on any atom is 0.0845 e. The predicted octanol–water partition coefficient (Wildman–Crippen LogP) is 3.48. The summed E-state index contributed by atoms with van der Waals surface area (Å²) in [5.74, 6) is 0. The number of benzene rings is 1. The molecule has 1 unspecified atom stereocenters. The zero-order chi connectivity index (χ0) is 13.7. The predicted molar refractivity (Wildman–Crippen MR) is 78.1 cm³/mol. The molecule has 1 aromatic carbocycles. The normalized spacial score (nSPS) is 12.4. The van der Waals surface area contributed by atoms with Crippen molar-refractivity contribution in [2.24, 2.45) is 0 Å². The molecule has 0 saturated heterocycles. The Hall–Kier alpha value is -1.67. The summed E-state index contributed by atoms with van der Waals surface area (Å²) in [7, 11) is 0.